The number of carbonyl (C=O) groups is 1. The molecule has 0 saturated carbocycles. The summed E-state index contributed by atoms with van der Waals surface area (Å²) in [5.74, 6) is 0.794. The van der Waals surface area contributed by atoms with Gasteiger partial charge in [-0.05, 0) is 48.5 Å². The van der Waals surface area contributed by atoms with Crippen molar-refractivity contribution in [3.05, 3.63) is 82.8 Å². The van der Waals surface area contributed by atoms with Gasteiger partial charge < -0.3 is 14.8 Å². The molecule has 174 valence electrons. The highest BCUT2D eigenvalue weighted by Crippen LogP contribution is 2.35. The summed E-state index contributed by atoms with van der Waals surface area (Å²) in [4.78, 5) is 12.7. The number of hydrogen-bond donors (Lipinski definition) is 1. The Kier molecular flexibility index (Phi) is 8.43. The molecule has 0 spiro atoms. The van der Waals surface area contributed by atoms with Crippen molar-refractivity contribution >= 4 is 44.8 Å². The summed E-state index contributed by atoms with van der Waals surface area (Å²) in [5.41, 5.74) is 0.109. The predicted molar refractivity (Wildman–Crippen MR) is 129 cm³/mol. The fraction of sp³-hybridized carbons (Fsp3) is 0.174. The van der Waals surface area contributed by atoms with Gasteiger partial charge in [-0.1, -0.05) is 47.5 Å². The maximum Gasteiger partial charge on any atom is 0.264 e. The summed E-state index contributed by atoms with van der Waals surface area (Å²) < 4.78 is 38.2. The lowest BCUT2D eigenvalue weighted by atomic mass is 10.3. The van der Waals surface area contributed by atoms with Gasteiger partial charge in [0.1, 0.15) is 24.7 Å². The minimum atomic E-state index is -4.08. The lowest BCUT2D eigenvalue weighted by molar-refractivity contribution is -0.119. The van der Waals surface area contributed by atoms with Crippen LogP contribution >= 0.6 is 23.2 Å². The SMILES string of the molecule is COc1ccc(OCCNC(=O)CN(c2cccc(Cl)c2Cl)S(=O)(=O)c2ccccc2)cc1. The Bertz CT molecular complexity index is 1190. The molecule has 0 fully saturated rings. The number of carbonyl (C=O) groups excluding carboxylic acids is 1. The summed E-state index contributed by atoms with van der Waals surface area (Å²) in [6.07, 6.45) is 0. The fourth-order valence-electron chi connectivity index (χ4n) is 2.92. The second kappa shape index (κ2) is 11.3. The van der Waals surface area contributed by atoms with Gasteiger partial charge in [-0.2, -0.15) is 0 Å². The van der Waals surface area contributed by atoms with Gasteiger partial charge in [0.2, 0.25) is 5.91 Å². The van der Waals surface area contributed by atoms with Crippen molar-refractivity contribution in [2.24, 2.45) is 0 Å². The van der Waals surface area contributed by atoms with E-state index in [1.807, 2.05) is 0 Å². The molecule has 3 aromatic carbocycles. The first kappa shape index (κ1) is 24.7. The van der Waals surface area contributed by atoms with Crippen LogP contribution in [0.5, 0.6) is 11.5 Å². The van der Waals surface area contributed by atoms with E-state index in [1.54, 1.807) is 55.6 Å². The van der Waals surface area contributed by atoms with E-state index in [2.05, 4.69) is 5.32 Å². The van der Waals surface area contributed by atoms with E-state index < -0.39 is 22.5 Å². The second-order valence-electron chi connectivity index (χ2n) is 6.77. The summed E-state index contributed by atoms with van der Waals surface area (Å²) in [6.45, 7) is -0.116. The molecule has 7 nitrogen and oxygen atoms in total. The van der Waals surface area contributed by atoms with Crippen LogP contribution in [0.1, 0.15) is 0 Å². The smallest absolute Gasteiger partial charge is 0.264 e. The Morgan fingerprint density at radius 1 is 0.939 bits per heavy atom. The Hall–Kier alpha value is -2.94. The van der Waals surface area contributed by atoms with Crippen LogP contribution < -0.4 is 19.1 Å². The van der Waals surface area contributed by atoms with Gasteiger partial charge >= 0.3 is 0 Å². The number of rotatable bonds is 10. The maximum atomic E-state index is 13.3. The normalized spacial score (nSPS) is 11.0. The second-order valence-corrected chi connectivity index (χ2v) is 9.42. The zero-order valence-electron chi connectivity index (χ0n) is 17.7. The first-order valence-corrected chi connectivity index (χ1v) is 12.1. The summed E-state index contributed by atoms with van der Waals surface area (Å²) in [6, 6.07) is 19.4. The van der Waals surface area contributed by atoms with E-state index >= 15 is 0 Å². The van der Waals surface area contributed by atoms with Gasteiger partial charge in [0.15, 0.2) is 0 Å². The molecule has 0 aliphatic rings. The highest BCUT2D eigenvalue weighted by Gasteiger charge is 2.29. The number of ether oxygens (including phenoxy) is 2. The number of amides is 1. The minimum Gasteiger partial charge on any atom is -0.497 e. The van der Waals surface area contributed by atoms with Crippen LogP contribution in [0.25, 0.3) is 0 Å². The summed E-state index contributed by atoms with van der Waals surface area (Å²) in [7, 11) is -2.51. The van der Waals surface area contributed by atoms with Crippen molar-refractivity contribution in [1.82, 2.24) is 5.32 Å². The number of halogens is 2. The van der Waals surface area contributed by atoms with Crippen LogP contribution in [0.2, 0.25) is 10.0 Å². The third kappa shape index (κ3) is 6.31. The average Bonchev–Trinajstić information content (AvgIpc) is 2.83. The topological polar surface area (TPSA) is 84.9 Å². The van der Waals surface area contributed by atoms with Crippen molar-refractivity contribution < 1.29 is 22.7 Å². The molecule has 0 radical (unpaired) electrons. The monoisotopic (exact) mass is 508 g/mol. The lowest BCUT2D eigenvalue weighted by Gasteiger charge is -2.25. The highest BCUT2D eigenvalue weighted by atomic mass is 35.5. The summed E-state index contributed by atoms with van der Waals surface area (Å²) >= 11 is 12.4. The molecule has 0 aromatic heterocycles. The van der Waals surface area contributed by atoms with Gasteiger partial charge in [-0.15, -0.1) is 0 Å². The number of anilines is 1. The summed E-state index contributed by atoms with van der Waals surface area (Å²) in [5, 5.41) is 2.88. The van der Waals surface area contributed by atoms with Crippen molar-refractivity contribution in [2.75, 3.05) is 31.1 Å². The van der Waals surface area contributed by atoms with E-state index in [1.165, 1.54) is 24.3 Å². The molecule has 0 aliphatic heterocycles. The third-order valence-corrected chi connectivity index (χ3v) is 7.15. The molecular weight excluding hydrogens is 487 g/mol. The number of nitrogens with one attached hydrogen (secondary N) is 1. The van der Waals surface area contributed by atoms with Crippen LogP contribution in [0, 0.1) is 0 Å². The van der Waals surface area contributed by atoms with Gasteiger partial charge in [-0.25, -0.2) is 8.42 Å². The fourth-order valence-corrected chi connectivity index (χ4v) is 4.82. The van der Waals surface area contributed by atoms with Crippen molar-refractivity contribution in [1.29, 1.82) is 0 Å². The number of benzene rings is 3. The number of methoxy groups -OCH3 is 1. The Morgan fingerprint density at radius 3 is 2.27 bits per heavy atom. The first-order chi connectivity index (χ1) is 15.8. The highest BCUT2D eigenvalue weighted by molar-refractivity contribution is 7.92. The van der Waals surface area contributed by atoms with Crippen LogP contribution in [-0.4, -0.2) is 41.1 Å². The van der Waals surface area contributed by atoms with E-state index in [0.717, 1.165) is 4.31 Å². The standard InChI is InChI=1S/C23H22Cl2N2O5S/c1-31-17-10-12-18(13-11-17)32-15-14-26-22(28)16-27(21-9-5-8-20(24)23(21)25)33(29,30)19-6-3-2-4-7-19/h2-13H,14-16H2,1H3,(H,26,28). The van der Waals surface area contributed by atoms with Gasteiger partial charge in [0.25, 0.3) is 10.0 Å². The van der Waals surface area contributed by atoms with E-state index in [4.69, 9.17) is 32.7 Å². The maximum absolute atomic E-state index is 13.3. The van der Waals surface area contributed by atoms with E-state index in [0.29, 0.717) is 11.5 Å². The molecule has 0 saturated heterocycles. The molecule has 3 aromatic rings. The van der Waals surface area contributed by atoms with Gasteiger partial charge in [0, 0.05) is 0 Å². The third-order valence-electron chi connectivity index (χ3n) is 4.57. The van der Waals surface area contributed by atoms with Crippen molar-refractivity contribution in [2.45, 2.75) is 4.90 Å². The minimum absolute atomic E-state index is 0.0247. The van der Waals surface area contributed by atoms with Gasteiger partial charge in [-0.3, -0.25) is 9.10 Å². The Balaban J connectivity index is 1.70. The molecule has 3 rings (SSSR count). The molecule has 1 amide bonds. The Morgan fingerprint density at radius 2 is 1.61 bits per heavy atom. The van der Waals surface area contributed by atoms with E-state index in [9.17, 15) is 13.2 Å². The molecule has 0 unspecified atom stereocenters. The van der Waals surface area contributed by atoms with Crippen LogP contribution in [0.4, 0.5) is 5.69 Å². The zero-order valence-corrected chi connectivity index (χ0v) is 20.0. The molecule has 0 aliphatic carbocycles. The average molecular weight is 509 g/mol. The molecule has 0 heterocycles. The molecule has 0 atom stereocenters. The molecular formula is C23H22Cl2N2O5S. The predicted octanol–water partition coefficient (Wildman–Crippen LogP) is 4.39. The number of hydrogen-bond acceptors (Lipinski definition) is 5. The molecule has 33 heavy (non-hydrogen) atoms. The van der Waals surface area contributed by atoms with Crippen molar-refractivity contribution in [3.63, 3.8) is 0 Å². The molecule has 1 N–H and O–H groups in total. The van der Waals surface area contributed by atoms with Crippen LogP contribution in [-0.2, 0) is 14.8 Å². The van der Waals surface area contributed by atoms with E-state index in [-0.39, 0.29) is 33.8 Å². The van der Waals surface area contributed by atoms with Crippen LogP contribution in [0.3, 0.4) is 0 Å². The largest absolute Gasteiger partial charge is 0.497 e. The van der Waals surface area contributed by atoms with Crippen molar-refractivity contribution in [3.8, 4) is 11.5 Å². The number of sulfonamides is 1. The molecule has 10 heteroatoms. The zero-order chi connectivity index (χ0) is 23.8. The Labute approximate surface area is 202 Å². The van der Waals surface area contributed by atoms with Gasteiger partial charge in [0.05, 0.1) is 34.3 Å². The molecule has 0 bridgehead atoms. The first-order valence-electron chi connectivity index (χ1n) is 9.88. The quantitative estimate of drug-likeness (QED) is 0.410. The lowest BCUT2D eigenvalue weighted by Crippen LogP contribution is -2.42. The van der Waals surface area contributed by atoms with Crippen LogP contribution in [0.15, 0.2) is 77.7 Å². The number of nitrogens with zero attached hydrogens (tertiary/aromatic N) is 1.